The summed E-state index contributed by atoms with van der Waals surface area (Å²) in [5, 5.41) is 12.3. The highest BCUT2D eigenvalue weighted by molar-refractivity contribution is 6.03. The molecule has 0 aliphatic carbocycles. The molecule has 0 aromatic heterocycles. The predicted molar refractivity (Wildman–Crippen MR) is 123 cm³/mol. The molecule has 0 fully saturated rings. The molecule has 3 aromatic rings. The average Bonchev–Trinajstić information content (AvgIpc) is 2.82. The first-order valence-electron chi connectivity index (χ1n) is 10.8. The van der Waals surface area contributed by atoms with Crippen molar-refractivity contribution in [1.82, 2.24) is 4.90 Å². The smallest absolute Gasteiger partial charge is 0.257 e. The van der Waals surface area contributed by atoms with Gasteiger partial charge in [0.25, 0.3) is 5.91 Å². The Kier molecular flexibility index (Phi) is 6.82. The number of nitrogens with one attached hydrogen (secondary N) is 1. The number of para-hydroxylation sites is 1. The minimum atomic E-state index is -0.511. The summed E-state index contributed by atoms with van der Waals surface area (Å²) in [4.78, 5) is 28.1. The van der Waals surface area contributed by atoms with Crippen LogP contribution in [0.3, 0.4) is 0 Å². The number of nitrogens with zero attached hydrogens (tertiary/aromatic N) is 1. The molecule has 1 heterocycles. The number of aliphatic hydroxyl groups excluding tert-OH is 1. The molecule has 6 heteroatoms. The summed E-state index contributed by atoms with van der Waals surface area (Å²) in [6.07, 6.45) is 0.643. The van der Waals surface area contributed by atoms with Crippen molar-refractivity contribution in [3.8, 4) is 5.75 Å². The van der Waals surface area contributed by atoms with Crippen LogP contribution < -0.4 is 10.1 Å². The minimum absolute atomic E-state index is 0.103. The van der Waals surface area contributed by atoms with Gasteiger partial charge >= 0.3 is 0 Å². The number of ether oxygens (including phenoxy) is 1. The van der Waals surface area contributed by atoms with Crippen LogP contribution in [0.5, 0.6) is 5.75 Å². The maximum absolute atomic E-state index is 13.5. The minimum Gasteiger partial charge on any atom is -0.490 e. The van der Waals surface area contributed by atoms with Gasteiger partial charge in [-0.3, -0.25) is 9.59 Å². The van der Waals surface area contributed by atoms with Crippen molar-refractivity contribution in [3.05, 3.63) is 95.6 Å². The number of amides is 2. The number of benzene rings is 3. The van der Waals surface area contributed by atoms with Gasteiger partial charge in [-0.05, 0) is 29.7 Å². The number of hydrogen-bond acceptors (Lipinski definition) is 4. The number of hydrogen-bond donors (Lipinski definition) is 2. The number of anilines is 1. The Hall–Kier alpha value is -3.64. The van der Waals surface area contributed by atoms with Gasteiger partial charge < -0.3 is 20.1 Å². The van der Waals surface area contributed by atoms with Gasteiger partial charge in [0.15, 0.2) is 5.75 Å². The first kappa shape index (κ1) is 21.6. The highest BCUT2D eigenvalue weighted by Crippen LogP contribution is 2.33. The van der Waals surface area contributed by atoms with E-state index in [9.17, 15) is 14.7 Å². The molecule has 1 aliphatic rings. The Balaban J connectivity index is 1.68. The SMILES string of the molecule is O=C(Nc1cccc2c1OCCCN(CCO)C2=O)C(c1ccccc1)c1ccccc1. The zero-order valence-electron chi connectivity index (χ0n) is 17.7. The summed E-state index contributed by atoms with van der Waals surface area (Å²) in [7, 11) is 0. The van der Waals surface area contributed by atoms with Gasteiger partial charge in [0.1, 0.15) is 0 Å². The first-order valence-corrected chi connectivity index (χ1v) is 10.8. The fraction of sp³-hybridized carbons (Fsp3) is 0.231. The summed E-state index contributed by atoms with van der Waals surface area (Å²) in [5.41, 5.74) is 2.60. The molecular formula is C26H26N2O4. The zero-order chi connectivity index (χ0) is 22.3. The zero-order valence-corrected chi connectivity index (χ0v) is 17.7. The third-order valence-corrected chi connectivity index (χ3v) is 5.51. The highest BCUT2D eigenvalue weighted by Gasteiger charge is 2.27. The second kappa shape index (κ2) is 10.1. The van der Waals surface area contributed by atoms with Crippen LogP contribution in [0.2, 0.25) is 0 Å². The highest BCUT2D eigenvalue weighted by atomic mass is 16.5. The number of carbonyl (C=O) groups is 2. The largest absolute Gasteiger partial charge is 0.490 e. The number of carbonyl (C=O) groups excluding carboxylic acids is 2. The van der Waals surface area contributed by atoms with Crippen molar-refractivity contribution < 1.29 is 19.4 Å². The van der Waals surface area contributed by atoms with Crippen LogP contribution in [-0.4, -0.2) is 48.1 Å². The standard InChI is InChI=1S/C26H26N2O4/c29-17-16-28-15-8-18-32-24-21(26(28)31)13-7-14-22(24)27-25(30)23(19-9-3-1-4-10-19)20-11-5-2-6-12-20/h1-7,9-14,23,29H,8,15-18H2,(H,27,30). The molecule has 0 saturated carbocycles. The molecule has 164 valence electrons. The van der Waals surface area contributed by atoms with Crippen molar-refractivity contribution in [3.63, 3.8) is 0 Å². The lowest BCUT2D eigenvalue weighted by Gasteiger charge is -2.27. The van der Waals surface area contributed by atoms with Crippen molar-refractivity contribution in [1.29, 1.82) is 0 Å². The molecule has 0 bridgehead atoms. The number of aliphatic hydroxyl groups is 1. The molecule has 0 spiro atoms. The molecule has 6 nitrogen and oxygen atoms in total. The van der Waals surface area contributed by atoms with Gasteiger partial charge in [-0.2, -0.15) is 0 Å². The van der Waals surface area contributed by atoms with E-state index in [2.05, 4.69) is 5.32 Å². The second-order valence-electron chi connectivity index (χ2n) is 7.64. The topological polar surface area (TPSA) is 78.9 Å². The molecular weight excluding hydrogens is 404 g/mol. The molecule has 3 aromatic carbocycles. The van der Waals surface area contributed by atoms with E-state index < -0.39 is 5.92 Å². The van der Waals surface area contributed by atoms with Gasteiger partial charge in [0, 0.05) is 13.1 Å². The Bertz CT molecular complexity index is 1030. The molecule has 32 heavy (non-hydrogen) atoms. The van der Waals surface area contributed by atoms with E-state index in [-0.39, 0.29) is 25.0 Å². The van der Waals surface area contributed by atoms with E-state index in [1.165, 1.54) is 0 Å². The molecule has 4 rings (SSSR count). The lowest BCUT2D eigenvalue weighted by Crippen LogP contribution is -2.37. The fourth-order valence-electron chi connectivity index (χ4n) is 3.99. The number of β-amino-alcohol motifs (C(OH)–C–C–N with tert-alkyl or cyclic N) is 1. The third-order valence-electron chi connectivity index (χ3n) is 5.51. The van der Waals surface area contributed by atoms with Crippen LogP contribution in [0.25, 0.3) is 0 Å². The fourth-order valence-corrected chi connectivity index (χ4v) is 3.99. The van der Waals surface area contributed by atoms with E-state index in [4.69, 9.17) is 4.74 Å². The van der Waals surface area contributed by atoms with Gasteiger partial charge in [-0.15, -0.1) is 0 Å². The average molecular weight is 431 g/mol. The van der Waals surface area contributed by atoms with E-state index in [1.807, 2.05) is 60.7 Å². The molecule has 0 unspecified atom stereocenters. The van der Waals surface area contributed by atoms with E-state index >= 15 is 0 Å². The van der Waals surface area contributed by atoms with Crippen LogP contribution in [0, 0.1) is 0 Å². The Morgan fingerprint density at radius 3 is 2.25 bits per heavy atom. The van der Waals surface area contributed by atoms with Crippen LogP contribution in [0.1, 0.15) is 33.8 Å². The Morgan fingerprint density at radius 2 is 1.62 bits per heavy atom. The van der Waals surface area contributed by atoms with Crippen molar-refractivity contribution >= 4 is 17.5 Å². The lowest BCUT2D eigenvalue weighted by atomic mass is 9.90. The van der Waals surface area contributed by atoms with Crippen LogP contribution in [0.15, 0.2) is 78.9 Å². The van der Waals surface area contributed by atoms with Crippen LogP contribution >= 0.6 is 0 Å². The van der Waals surface area contributed by atoms with E-state index in [0.717, 1.165) is 11.1 Å². The lowest BCUT2D eigenvalue weighted by molar-refractivity contribution is -0.116. The van der Waals surface area contributed by atoms with Crippen LogP contribution in [0.4, 0.5) is 5.69 Å². The Morgan fingerprint density at radius 1 is 0.969 bits per heavy atom. The second-order valence-corrected chi connectivity index (χ2v) is 7.64. The maximum atomic E-state index is 13.5. The first-order chi connectivity index (χ1) is 15.7. The molecule has 0 saturated heterocycles. The molecule has 2 N–H and O–H groups in total. The monoisotopic (exact) mass is 430 g/mol. The van der Waals surface area contributed by atoms with Crippen molar-refractivity contribution in [2.24, 2.45) is 0 Å². The van der Waals surface area contributed by atoms with Crippen molar-refractivity contribution in [2.45, 2.75) is 12.3 Å². The van der Waals surface area contributed by atoms with Crippen LogP contribution in [-0.2, 0) is 4.79 Å². The summed E-state index contributed by atoms with van der Waals surface area (Å²) >= 11 is 0. The summed E-state index contributed by atoms with van der Waals surface area (Å²) < 4.78 is 5.92. The quantitative estimate of drug-likeness (QED) is 0.625. The predicted octanol–water partition coefficient (Wildman–Crippen LogP) is 3.67. The number of rotatable bonds is 6. The van der Waals surface area contributed by atoms with Gasteiger partial charge in [-0.25, -0.2) is 0 Å². The maximum Gasteiger partial charge on any atom is 0.257 e. The summed E-state index contributed by atoms with van der Waals surface area (Å²) in [6.45, 7) is 1.09. The third kappa shape index (κ3) is 4.65. The molecule has 0 radical (unpaired) electrons. The van der Waals surface area contributed by atoms with E-state index in [1.54, 1.807) is 23.1 Å². The van der Waals surface area contributed by atoms with Gasteiger partial charge in [-0.1, -0.05) is 66.7 Å². The van der Waals surface area contributed by atoms with Crippen molar-refractivity contribution in [2.75, 3.05) is 31.6 Å². The summed E-state index contributed by atoms with van der Waals surface area (Å²) in [6, 6.07) is 24.4. The molecule has 2 amide bonds. The molecule has 1 aliphatic heterocycles. The summed E-state index contributed by atoms with van der Waals surface area (Å²) in [5.74, 6) is -0.564. The van der Waals surface area contributed by atoms with E-state index in [0.29, 0.717) is 36.6 Å². The Labute approximate surface area is 187 Å². The van der Waals surface area contributed by atoms with Gasteiger partial charge in [0.05, 0.1) is 30.4 Å². The van der Waals surface area contributed by atoms with Gasteiger partial charge in [0.2, 0.25) is 5.91 Å². The normalized spacial score (nSPS) is 13.7. The molecule has 0 atom stereocenters. The number of fused-ring (bicyclic) bond motifs is 1.